The van der Waals surface area contributed by atoms with Gasteiger partial charge in [-0.25, -0.2) is 8.42 Å². The summed E-state index contributed by atoms with van der Waals surface area (Å²) in [6, 6.07) is 5.94. The zero-order chi connectivity index (χ0) is 11.5. The molecule has 0 aliphatic carbocycles. The van der Waals surface area contributed by atoms with E-state index in [0.717, 1.165) is 0 Å². The van der Waals surface area contributed by atoms with E-state index in [4.69, 9.17) is 22.6 Å². The zero-order valence-electron chi connectivity index (χ0n) is 7.57. The molecule has 1 rings (SSSR count). The number of nitrogens with one attached hydrogen (secondary N) is 1. The maximum absolute atomic E-state index is 11.2. The van der Waals surface area contributed by atoms with Crippen LogP contribution in [0.25, 0.3) is 0 Å². The molecule has 0 unspecified atom stereocenters. The standard InChI is InChI=1S/C8H8ClN3O2S/c9-7-2-1-6(11)5-8(7)12-15(13,14)4-3-10/h1-2,5,12H,4,11H2. The molecule has 0 aromatic heterocycles. The van der Waals surface area contributed by atoms with Crippen molar-refractivity contribution in [1.82, 2.24) is 0 Å². The summed E-state index contributed by atoms with van der Waals surface area (Å²) in [5.74, 6) is -0.627. The van der Waals surface area contributed by atoms with Gasteiger partial charge in [0.1, 0.15) is 0 Å². The van der Waals surface area contributed by atoms with E-state index in [0.29, 0.717) is 5.69 Å². The molecule has 15 heavy (non-hydrogen) atoms. The number of nitrogens with zero attached hydrogens (tertiary/aromatic N) is 1. The van der Waals surface area contributed by atoms with Gasteiger partial charge >= 0.3 is 0 Å². The third kappa shape index (κ3) is 3.31. The molecule has 0 spiro atoms. The quantitative estimate of drug-likeness (QED) is 0.782. The molecule has 0 aliphatic rings. The van der Waals surface area contributed by atoms with Crippen LogP contribution in [0.4, 0.5) is 11.4 Å². The van der Waals surface area contributed by atoms with Gasteiger partial charge in [0.25, 0.3) is 0 Å². The Balaban J connectivity index is 3.00. The molecule has 0 fully saturated rings. The molecule has 1 aromatic carbocycles. The van der Waals surface area contributed by atoms with Crippen LogP contribution in [0.5, 0.6) is 0 Å². The number of halogens is 1. The predicted molar refractivity (Wildman–Crippen MR) is 58.9 cm³/mol. The minimum absolute atomic E-state index is 0.173. The molecule has 0 atom stereocenters. The minimum Gasteiger partial charge on any atom is -0.399 e. The highest BCUT2D eigenvalue weighted by Crippen LogP contribution is 2.24. The van der Waals surface area contributed by atoms with Gasteiger partial charge in [-0.1, -0.05) is 11.6 Å². The van der Waals surface area contributed by atoms with Crippen LogP contribution >= 0.6 is 11.6 Å². The molecule has 0 saturated heterocycles. The molecule has 0 bridgehead atoms. The first-order chi connectivity index (χ1) is 6.94. The number of benzene rings is 1. The first kappa shape index (κ1) is 11.6. The number of hydrogen-bond acceptors (Lipinski definition) is 4. The molecular formula is C8H8ClN3O2S. The first-order valence-electron chi connectivity index (χ1n) is 3.87. The van der Waals surface area contributed by atoms with Gasteiger partial charge in [-0.15, -0.1) is 0 Å². The van der Waals surface area contributed by atoms with Crippen molar-refractivity contribution in [2.75, 3.05) is 16.2 Å². The minimum atomic E-state index is -3.68. The Labute approximate surface area is 92.5 Å². The largest absolute Gasteiger partial charge is 0.399 e. The van der Waals surface area contributed by atoms with Gasteiger partial charge in [0.15, 0.2) is 5.75 Å². The Kier molecular flexibility index (Phi) is 3.39. The third-order valence-corrected chi connectivity index (χ3v) is 2.88. The molecule has 0 amide bonds. The lowest BCUT2D eigenvalue weighted by Crippen LogP contribution is -2.15. The SMILES string of the molecule is N#CCS(=O)(=O)Nc1cc(N)ccc1Cl. The second-order valence-electron chi connectivity index (χ2n) is 2.76. The summed E-state index contributed by atoms with van der Waals surface area (Å²) in [6.45, 7) is 0. The highest BCUT2D eigenvalue weighted by atomic mass is 35.5. The van der Waals surface area contributed by atoms with Gasteiger partial charge in [0.05, 0.1) is 16.8 Å². The van der Waals surface area contributed by atoms with Crippen LogP contribution in [0.15, 0.2) is 18.2 Å². The van der Waals surface area contributed by atoms with Gasteiger partial charge < -0.3 is 5.73 Å². The fourth-order valence-corrected chi connectivity index (χ4v) is 1.88. The van der Waals surface area contributed by atoms with Crippen LogP contribution in [-0.4, -0.2) is 14.2 Å². The zero-order valence-corrected chi connectivity index (χ0v) is 9.14. The van der Waals surface area contributed by atoms with Crippen molar-refractivity contribution < 1.29 is 8.42 Å². The highest BCUT2D eigenvalue weighted by molar-refractivity contribution is 7.92. The lowest BCUT2D eigenvalue weighted by molar-refractivity contribution is 0.604. The number of nitrogen functional groups attached to an aromatic ring is 1. The normalized spacial score (nSPS) is 10.7. The molecule has 0 aliphatic heterocycles. The Morgan fingerprint density at radius 1 is 1.53 bits per heavy atom. The average molecular weight is 246 g/mol. The smallest absolute Gasteiger partial charge is 0.246 e. The summed E-state index contributed by atoms with van der Waals surface area (Å²) in [4.78, 5) is 0. The topological polar surface area (TPSA) is 96.0 Å². The summed E-state index contributed by atoms with van der Waals surface area (Å²) in [5.41, 5.74) is 6.02. The maximum Gasteiger partial charge on any atom is 0.246 e. The lowest BCUT2D eigenvalue weighted by atomic mass is 10.3. The van der Waals surface area contributed by atoms with Crippen molar-refractivity contribution in [1.29, 1.82) is 5.26 Å². The molecule has 7 heteroatoms. The van der Waals surface area contributed by atoms with Crippen LogP contribution in [0.2, 0.25) is 5.02 Å². The molecule has 0 radical (unpaired) electrons. The van der Waals surface area contributed by atoms with Crippen LogP contribution in [0.3, 0.4) is 0 Å². The second-order valence-corrected chi connectivity index (χ2v) is 4.89. The van der Waals surface area contributed by atoms with E-state index in [9.17, 15) is 8.42 Å². The number of nitrogens with two attached hydrogens (primary N) is 1. The van der Waals surface area contributed by atoms with Crippen LogP contribution in [0.1, 0.15) is 0 Å². The average Bonchev–Trinajstić information content (AvgIpc) is 2.10. The van der Waals surface area contributed by atoms with Crippen molar-refractivity contribution in [2.45, 2.75) is 0 Å². The van der Waals surface area contributed by atoms with E-state index < -0.39 is 15.8 Å². The number of nitriles is 1. The molecule has 3 N–H and O–H groups in total. The maximum atomic E-state index is 11.2. The number of sulfonamides is 1. The van der Waals surface area contributed by atoms with Gasteiger partial charge in [0.2, 0.25) is 10.0 Å². The third-order valence-electron chi connectivity index (χ3n) is 1.51. The Hall–Kier alpha value is -1.45. The summed E-state index contributed by atoms with van der Waals surface area (Å²) >= 11 is 5.74. The fourth-order valence-electron chi connectivity index (χ4n) is 0.910. The highest BCUT2D eigenvalue weighted by Gasteiger charge is 2.11. The molecule has 1 aromatic rings. The van der Waals surface area contributed by atoms with E-state index in [1.807, 2.05) is 0 Å². The molecular weight excluding hydrogens is 238 g/mol. The lowest BCUT2D eigenvalue weighted by Gasteiger charge is -2.07. The summed E-state index contributed by atoms with van der Waals surface area (Å²) in [5, 5.41) is 8.50. The number of rotatable bonds is 3. The summed E-state index contributed by atoms with van der Waals surface area (Å²) < 4.78 is 24.6. The Morgan fingerprint density at radius 3 is 2.80 bits per heavy atom. The van der Waals surface area contributed by atoms with Crippen molar-refractivity contribution in [3.05, 3.63) is 23.2 Å². The summed E-state index contributed by atoms with van der Waals surface area (Å²) in [7, 11) is -3.68. The number of hydrogen-bond donors (Lipinski definition) is 2. The fraction of sp³-hybridized carbons (Fsp3) is 0.125. The van der Waals surface area contributed by atoms with Gasteiger partial charge in [-0.2, -0.15) is 5.26 Å². The van der Waals surface area contributed by atoms with Gasteiger partial charge in [-0.05, 0) is 18.2 Å². The monoisotopic (exact) mass is 245 g/mol. The van der Waals surface area contributed by atoms with Crippen molar-refractivity contribution in [2.24, 2.45) is 0 Å². The Morgan fingerprint density at radius 2 is 2.20 bits per heavy atom. The number of anilines is 2. The van der Waals surface area contributed by atoms with E-state index in [1.54, 1.807) is 6.07 Å². The van der Waals surface area contributed by atoms with Crippen LogP contribution in [0, 0.1) is 11.3 Å². The van der Waals surface area contributed by atoms with E-state index in [-0.39, 0.29) is 10.7 Å². The predicted octanol–water partition coefficient (Wildman–Crippen LogP) is 1.19. The van der Waals surface area contributed by atoms with Crippen molar-refractivity contribution in [3.63, 3.8) is 0 Å². The second kappa shape index (κ2) is 4.38. The molecule has 80 valence electrons. The van der Waals surface area contributed by atoms with Gasteiger partial charge in [-0.3, -0.25) is 4.72 Å². The molecule has 0 saturated carbocycles. The van der Waals surface area contributed by atoms with Crippen LogP contribution in [-0.2, 0) is 10.0 Å². The van der Waals surface area contributed by atoms with Crippen LogP contribution < -0.4 is 10.5 Å². The van der Waals surface area contributed by atoms with Crippen molar-refractivity contribution in [3.8, 4) is 6.07 Å². The Bertz CT molecular complexity index is 507. The van der Waals surface area contributed by atoms with E-state index in [2.05, 4.69) is 4.72 Å². The van der Waals surface area contributed by atoms with E-state index >= 15 is 0 Å². The molecule has 0 heterocycles. The van der Waals surface area contributed by atoms with Crippen molar-refractivity contribution >= 4 is 33.0 Å². The van der Waals surface area contributed by atoms with Gasteiger partial charge in [0, 0.05) is 5.69 Å². The first-order valence-corrected chi connectivity index (χ1v) is 5.90. The molecule has 5 nitrogen and oxygen atoms in total. The summed E-state index contributed by atoms with van der Waals surface area (Å²) in [6.07, 6.45) is 0. The van der Waals surface area contributed by atoms with E-state index in [1.165, 1.54) is 18.2 Å².